The summed E-state index contributed by atoms with van der Waals surface area (Å²) in [5.41, 5.74) is 14.3. The number of likely N-dealkylation sites (N-methyl/N-ethyl adjacent to an activating group) is 2. The van der Waals surface area contributed by atoms with E-state index in [0.29, 0.717) is 5.96 Å². The fourth-order valence-electron chi connectivity index (χ4n) is 3.70. The molecular formula is C32H46N6. The fraction of sp³-hybridized carbons (Fsp3) is 0.312. The number of pyridine rings is 1. The first-order valence-electron chi connectivity index (χ1n) is 12.6. The first kappa shape index (κ1) is 34.1. The van der Waals surface area contributed by atoms with E-state index < -0.39 is 0 Å². The van der Waals surface area contributed by atoms with E-state index in [0.717, 1.165) is 59.0 Å². The van der Waals surface area contributed by atoms with E-state index in [4.69, 9.17) is 5.73 Å². The third-order valence-corrected chi connectivity index (χ3v) is 5.60. The highest BCUT2D eigenvalue weighted by molar-refractivity contribution is 5.98. The molecule has 0 saturated carbocycles. The molecule has 6 nitrogen and oxygen atoms in total. The number of terminal acetylenes is 1. The quantitative estimate of drug-likeness (QED) is 0.263. The van der Waals surface area contributed by atoms with Gasteiger partial charge in [-0.1, -0.05) is 31.7 Å². The molecule has 3 N–H and O–H groups in total. The number of rotatable bonds is 7. The second-order valence-electron chi connectivity index (χ2n) is 8.45. The van der Waals surface area contributed by atoms with E-state index in [-0.39, 0.29) is 0 Å². The normalized spacial score (nSPS) is 12.4. The van der Waals surface area contributed by atoms with Crippen molar-refractivity contribution in [2.75, 3.05) is 34.2 Å². The molecule has 2 aromatic rings. The molecule has 0 spiro atoms. The molecule has 0 radical (unpaired) electrons. The molecular weight excluding hydrogens is 468 g/mol. The predicted molar refractivity (Wildman–Crippen MR) is 168 cm³/mol. The number of nitrogens with one attached hydrogen (secondary N) is 1. The maximum atomic E-state index is 6.22. The van der Waals surface area contributed by atoms with E-state index in [2.05, 4.69) is 98.9 Å². The molecule has 0 saturated heterocycles. The summed E-state index contributed by atoms with van der Waals surface area (Å²) in [6, 6.07) is 8.36. The molecule has 3 rings (SSSR count). The van der Waals surface area contributed by atoms with Crippen molar-refractivity contribution in [3.8, 4) is 24.0 Å². The lowest BCUT2D eigenvalue weighted by Crippen LogP contribution is -2.36. The van der Waals surface area contributed by atoms with Crippen molar-refractivity contribution >= 4 is 17.3 Å². The van der Waals surface area contributed by atoms with Gasteiger partial charge in [-0.2, -0.15) is 0 Å². The highest BCUT2D eigenvalue weighted by Crippen LogP contribution is 2.37. The molecule has 2 heterocycles. The van der Waals surface area contributed by atoms with Gasteiger partial charge in [-0.25, -0.2) is 4.99 Å². The standard InChI is InChI=1S/C23H26N4.C5H14N2.C2H4.C2H2/c1-6-9-19(7-2)27-16(5)20-13-17(10-11-22(20)26-23(27)24)18-12-15(4)21(8-3)25-14-18;1-6-4-5-7(2)3;2*1-2/h6-7,9-14H,5,8H2,1-4H3,(H2,24,26);6H,4-5H2,1-3H3;1-2H2;1-2H/b9-6-,19-7+;;;. The second kappa shape index (κ2) is 18.3. The number of hydrogen-bond acceptors (Lipinski definition) is 6. The molecule has 38 heavy (non-hydrogen) atoms. The summed E-state index contributed by atoms with van der Waals surface area (Å²) in [6.07, 6.45) is 16.8. The van der Waals surface area contributed by atoms with Crippen LogP contribution in [0.5, 0.6) is 0 Å². The molecule has 204 valence electrons. The zero-order valence-corrected chi connectivity index (χ0v) is 24.4. The molecule has 0 amide bonds. The van der Waals surface area contributed by atoms with Crippen LogP contribution < -0.4 is 11.1 Å². The molecule has 0 fully saturated rings. The topological polar surface area (TPSA) is 69.8 Å². The number of hydrogen-bond donors (Lipinski definition) is 2. The minimum Gasteiger partial charge on any atom is -0.369 e. The minimum atomic E-state index is 0.427. The van der Waals surface area contributed by atoms with Crippen LogP contribution in [-0.4, -0.2) is 55.0 Å². The van der Waals surface area contributed by atoms with Crippen molar-refractivity contribution in [2.45, 2.75) is 34.1 Å². The van der Waals surface area contributed by atoms with Crippen molar-refractivity contribution in [1.82, 2.24) is 20.1 Å². The Morgan fingerprint density at radius 1 is 1.16 bits per heavy atom. The predicted octanol–water partition coefficient (Wildman–Crippen LogP) is 6.15. The van der Waals surface area contributed by atoms with Gasteiger partial charge in [0.1, 0.15) is 0 Å². The van der Waals surface area contributed by atoms with Gasteiger partial charge in [-0.3, -0.25) is 9.88 Å². The molecule has 1 aliphatic rings. The van der Waals surface area contributed by atoms with Gasteiger partial charge in [0.15, 0.2) is 0 Å². The van der Waals surface area contributed by atoms with Crippen LogP contribution in [0, 0.1) is 19.8 Å². The number of nitrogens with zero attached hydrogens (tertiary/aromatic N) is 4. The Morgan fingerprint density at radius 3 is 2.29 bits per heavy atom. The third kappa shape index (κ3) is 9.51. The maximum Gasteiger partial charge on any atom is 0.205 e. The van der Waals surface area contributed by atoms with Crippen LogP contribution in [0.2, 0.25) is 0 Å². The van der Waals surface area contributed by atoms with Gasteiger partial charge in [0.05, 0.1) is 11.4 Å². The van der Waals surface area contributed by atoms with Gasteiger partial charge in [-0.15, -0.1) is 26.0 Å². The van der Waals surface area contributed by atoms with Crippen LogP contribution in [0.15, 0.2) is 79.1 Å². The second-order valence-corrected chi connectivity index (χ2v) is 8.45. The maximum absolute atomic E-state index is 6.22. The highest BCUT2D eigenvalue weighted by atomic mass is 15.3. The van der Waals surface area contributed by atoms with Crippen LogP contribution in [0.1, 0.15) is 37.6 Å². The number of aromatic nitrogens is 1. The first-order chi connectivity index (χ1) is 18.3. The smallest absolute Gasteiger partial charge is 0.205 e. The largest absolute Gasteiger partial charge is 0.369 e. The third-order valence-electron chi connectivity index (χ3n) is 5.60. The number of aryl methyl sites for hydroxylation is 2. The fourth-order valence-corrected chi connectivity index (χ4v) is 3.70. The lowest BCUT2D eigenvalue weighted by Gasteiger charge is -2.31. The summed E-state index contributed by atoms with van der Waals surface area (Å²) in [6.45, 7) is 20.7. The lowest BCUT2D eigenvalue weighted by atomic mass is 9.98. The van der Waals surface area contributed by atoms with Gasteiger partial charge in [0, 0.05) is 41.8 Å². The van der Waals surface area contributed by atoms with Crippen LogP contribution in [-0.2, 0) is 6.42 Å². The van der Waals surface area contributed by atoms with E-state index in [9.17, 15) is 0 Å². The summed E-state index contributed by atoms with van der Waals surface area (Å²) in [7, 11) is 6.10. The van der Waals surface area contributed by atoms with E-state index >= 15 is 0 Å². The summed E-state index contributed by atoms with van der Waals surface area (Å²) < 4.78 is 0. The molecule has 0 unspecified atom stereocenters. The number of guanidine groups is 1. The number of fused-ring (bicyclic) bond motifs is 1. The molecule has 1 aliphatic heterocycles. The molecule has 1 aromatic heterocycles. The van der Waals surface area contributed by atoms with Gasteiger partial charge in [0.2, 0.25) is 5.96 Å². The van der Waals surface area contributed by atoms with Crippen molar-refractivity contribution < 1.29 is 0 Å². The van der Waals surface area contributed by atoms with Gasteiger partial charge in [-0.05, 0) is 83.7 Å². The van der Waals surface area contributed by atoms with Gasteiger partial charge >= 0.3 is 0 Å². The molecule has 6 heteroatoms. The Morgan fingerprint density at radius 2 is 1.82 bits per heavy atom. The number of aliphatic imine (C=N–C) groups is 1. The van der Waals surface area contributed by atoms with Crippen LogP contribution in [0.3, 0.4) is 0 Å². The minimum absolute atomic E-state index is 0.427. The van der Waals surface area contributed by atoms with E-state index in [1.54, 1.807) is 0 Å². The Kier molecular flexibility index (Phi) is 16.5. The molecule has 0 bridgehead atoms. The molecule has 0 aliphatic carbocycles. The Labute approximate surface area is 231 Å². The average Bonchev–Trinajstić information content (AvgIpc) is 2.93. The Hall–Kier alpha value is -3.92. The van der Waals surface area contributed by atoms with E-state index in [1.165, 1.54) is 5.56 Å². The zero-order chi connectivity index (χ0) is 29.3. The Bertz CT molecular complexity index is 1140. The van der Waals surface area contributed by atoms with Crippen molar-refractivity contribution in [3.63, 3.8) is 0 Å². The van der Waals surface area contributed by atoms with Crippen molar-refractivity contribution in [1.29, 1.82) is 0 Å². The van der Waals surface area contributed by atoms with Gasteiger partial charge < -0.3 is 16.0 Å². The van der Waals surface area contributed by atoms with Crippen LogP contribution in [0.25, 0.3) is 16.8 Å². The lowest BCUT2D eigenvalue weighted by molar-refractivity contribution is 0.407. The highest BCUT2D eigenvalue weighted by Gasteiger charge is 2.24. The monoisotopic (exact) mass is 514 g/mol. The zero-order valence-electron chi connectivity index (χ0n) is 24.4. The number of benzene rings is 1. The van der Waals surface area contributed by atoms with Crippen LogP contribution in [0.4, 0.5) is 5.69 Å². The summed E-state index contributed by atoms with van der Waals surface area (Å²) in [5, 5.41) is 3.06. The summed E-state index contributed by atoms with van der Waals surface area (Å²) in [4.78, 5) is 13.2. The molecule has 0 atom stereocenters. The number of nitrogens with two attached hydrogens (primary N) is 1. The summed E-state index contributed by atoms with van der Waals surface area (Å²) in [5.74, 6) is 0.427. The van der Waals surface area contributed by atoms with E-state index in [1.807, 2.05) is 56.3 Å². The van der Waals surface area contributed by atoms with Gasteiger partial charge in [0.25, 0.3) is 0 Å². The SMILES string of the molecule is C#C.C=C.C=C1c2cc(-c3cnc(CC)c(C)c3)ccc2N=C(N)N1C(/C=C\C)=C/C.CNCCN(C)C. The number of allylic oxidation sites excluding steroid dienone is 3. The Balaban J connectivity index is 0.00000107. The molecule has 1 aromatic carbocycles. The van der Waals surface area contributed by atoms with Crippen molar-refractivity contribution in [3.05, 3.63) is 90.9 Å². The summed E-state index contributed by atoms with van der Waals surface area (Å²) >= 11 is 0. The average molecular weight is 515 g/mol. The first-order valence-corrected chi connectivity index (χ1v) is 12.6. The van der Waals surface area contributed by atoms with Crippen LogP contribution >= 0.6 is 0 Å². The van der Waals surface area contributed by atoms with Crippen molar-refractivity contribution in [2.24, 2.45) is 10.7 Å².